The minimum Gasteiger partial charge on any atom is -0.662 e. The van der Waals surface area contributed by atoms with E-state index < -0.39 is 0 Å². The molecular formula is C23H51KN-. The summed E-state index contributed by atoms with van der Waals surface area (Å²) in [6.45, 7) is 18.2. The average molecular weight is 381 g/mol. The van der Waals surface area contributed by atoms with Crippen LogP contribution in [0.2, 0.25) is 0 Å². The molecule has 1 rings (SSSR count). The molecule has 0 aromatic carbocycles. The predicted molar refractivity (Wildman–Crippen MR) is 116 cm³/mol. The molecule has 0 N–H and O–H groups in total. The molecule has 3 atom stereocenters. The quantitative estimate of drug-likeness (QED) is 0.277. The van der Waals surface area contributed by atoms with Gasteiger partial charge >= 0.3 is 51.4 Å². The third kappa shape index (κ3) is 30.6. The number of hydrogen-bond donors (Lipinski definition) is 0. The van der Waals surface area contributed by atoms with Crippen molar-refractivity contribution in [3.05, 3.63) is 12.7 Å². The molecule has 1 heterocycles. The summed E-state index contributed by atoms with van der Waals surface area (Å²) in [6, 6.07) is 0. The normalized spacial score (nSPS) is 17.6. The molecule has 0 bridgehead atoms. The average Bonchev–Trinajstić information content (AvgIpc) is 3.04. The summed E-state index contributed by atoms with van der Waals surface area (Å²) >= 11 is 0. The first-order valence-corrected chi connectivity index (χ1v) is 10.6. The van der Waals surface area contributed by atoms with Crippen LogP contribution in [0.25, 0.3) is 5.32 Å². The van der Waals surface area contributed by atoms with Crippen molar-refractivity contribution in [2.75, 3.05) is 13.1 Å². The van der Waals surface area contributed by atoms with Crippen molar-refractivity contribution >= 4 is 0 Å². The third-order valence-electron chi connectivity index (χ3n) is 4.97. The van der Waals surface area contributed by atoms with Crippen LogP contribution in [0.5, 0.6) is 0 Å². The third-order valence-corrected chi connectivity index (χ3v) is 4.97. The smallest absolute Gasteiger partial charge is 0.662 e. The Kier molecular flexibility index (Phi) is 38.0. The summed E-state index contributed by atoms with van der Waals surface area (Å²) in [5.74, 6) is 2.79. The fraction of sp³-hybridized carbons (Fsp3) is 0.957. The molecule has 0 aromatic rings. The van der Waals surface area contributed by atoms with Gasteiger partial charge in [-0.05, 0) is 11.8 Å². The van der Waals surface area contributed by atoms with Gasteiger partial charge in [-0.3, -0.25) is 0 Å². The summed E-state index contributed by atoms with van der Waals surface area (Å²) in [5, 5.41) is 4.16. The molecule has 1 fully saturated rings. The van der Waals surface area contributed by atoms with Gasteiger partial charge in [-0.2, -0.15) is 0 Å². The molecule has 0 spiro atoms. The van der Waals surface area contributed by atoms with E-state index in [2.05, 4.69) is 53.8 Å². The summed E-state index contributed by atoms with van der Waals surface area (Å²) in [7, 11) is 0. The van der Waals surface area contributed by atoms with Crippen molar-refractivity contribution in [1.82, 2.24) is 0 Å². The summed E-state index contributed by atoms with van der Waals surface area (Å²) < 4.78 is 0. The second kappa shape index (κ2) is 27.8. The number of unbranched alkanes of at least 4 members (excludes halogenated alkanes) is 3. The zero-order chi connectivity index (χ0) is 17.9. The maximum absolute atomic E-state index is 4.16. The van der Waals surface area contributed by atoms with Crippen LogP contribution in [-0.2, 0) is 0 Å². The minimum absolute atomic E-state index is 0. The Morgan fingerprint density at radius 3 is 1.60 bits per heavy atom. The van der Waals surface area contributed by atoms with E-state index in [-0.39, 0.29) is 58.8 Å². The van der Waals surface area contributed by atoms with Crippen LogP contribution < -0.4 is 51.4 Å². The van der Waals surface area contributed by atoms with Crippen LogP contribution in [0.15, 0.2) is 0 Å². The Labute approximate surface area is 205 Å². The van der Waals surface area contributed by atoms with Crippen LogP contribution >= 0.6 is 0 Å². The molecule has 1 nitrogen and oxygen atoms in total. The van der Waals surface area contributed by atoms with Crippen LogP contribution in [0.1, 0.15) is 113 Å². The Bertz CT molecular complexity index is 202. The zero-order valence-electron chi connectivity index (χ0n) is 19.7. The van der Waals surface area contributed by atoms with E-state index >= 15 is 0 Å². The molecule has 25 heavy (non-hydrogen) atoms. The van der Waals surface area contributed by atoms with Crippen molar-refractivity contribution in [3.63, 3.8) is 0 Å². The Balaban J connectivity index is -0.000000129. The number of nitrogens with zero attached hydrogens (tertiary/aromatic N) is 1. The van der Waals surface area contributed by atoms with E-state index in [4.69, 9.17) is 0 Å². The molecule has 2 heteroatoms. The molecule has 1 saturated heterocycles. The molecule has 0 saturated carbocycles. The van der Waals surface area contributed by atoms with Gasteiger partial charge in [0, 0.05) is 0 Å². The van der Waals surface area contributed by atoms with E-state index in [0.717, 1.165) is 30.8 Å². The summed E-state index contributed by atoms with van der Waals surface area (Å²) in [6.07, 6.45) is 13.9. The minimum atomic E-state index is 0. The fourth-order valence-corrected chi connectivity index (χ4v) is 2.42. The van der Waals surface area contributed by atoms with Crippen LogP contribution in [-0.4, -0.2) is 13.1 Å². The van der Waals surface area contributed by atoms with Gasteiger partial charge < -0.3 is 12.7 Å². The Morgan fingerprint density at radius 2 is 1.32 bits per heavy atom. The molecule has 0 amide bonds. The monoisotopic (exact) mass is 380 g/mol. The van der Waals surface area contributed by atoms with Crippen LogP contribution in [0, 0.1) is 25.2 Å². The van der Waals surface area contributed by atoms with Crippen molar-refractivity contribution in [2.45, 2.75) is 113 Å². The fourth-order valence-electron chi connectivity index (χ4n) is 2.42. The van der Waals surface area contributed by atoms with Crippen molar-refractivity contribution in [3.8, 4) is 0 Å². The largest absolute Gasteiger partial charge is 1.00 e. The summed E-state index contributed by atoms with van der Waals surface area (Å²) in [4.78, 5) is 0. The zero-order valence-corrected chi connectivity index (χ0v) is 22.8. The van der Waals surface area contributed by atoms with E-state index in [9.17, 15) is 0 Å². The maximum Gasteiger partial charge on any atom is 1.00 e. The number of rotatable bonds is 9. The molecule has 1 aliphatic rings. The second-order valence-electron chi connectivity index (χ2n) is 7.69. The van der Waals surface area contributed by atoms with E-state index in [1.165, 1.54) is 64.2 Å². The van der Waals surface area contributed by atoms with Gasteiger partial charge in [0.1, 0.15) is 0 Å². The van der Waals surface area contributed by atoms with Crippen molar-refractivity contribution < 1.29 is 51.4 Å². The molecule has 3 unspecified atom stereocenters. The topological polar surface area (TPSA) is 14.1 Å². The van der Waals surface area contributed by atoms with Gasteiger partial charge in [-0.25, -0.2) is 0 Å². The number of hydrogen-bond acceptors (Lipinski definition) is 0. The van der Waals surface area contributed by atoms with E-state index in [0.29, 0.717) is 0 Å². The van der Waals surface area contributed by atoms with Crippen molar-refractivity contribution in [2.24, 2.45) is 17.8 Å². The summed E-state index contributed by atoms with van der Waals surface area (Å²) in [5.41, 5.74) is 0. The first-order valence-electron chi connectivity index (χ1n) is 10.6. The van der Waals surface area contributed by atoms with E-state index in [1.54, 1.807) is 0 Å². The molecule has 0 radical (unpaired) electrons. The van der Waals surface area contributed by atoms with Gasteiger partial charge in [-0.15, -0.1) is 13.1 Å². The van der Waals surface area contributed by atoms with Gasteiger partial charge in [0.15, 0.2) is 0 Å². The van der Waals surface area contributed by atoms with Gasteiger partial charge in [-0.1, -0.05) is 119 Å². The standard InChI is InChI=1S/C9H20.C8H18.C5H10N.CH3.K/c1-4-6-7-8-9(3)5-2;1-4-6-7-8(3)5-2;1-5-2-3-6-4-5;;/h9H,4-8H2,1-3H3;8H,4-7H2,1-3H3;5H,2-4H2,1H3;1H3;/q;;2*-1;+1. The SMILES string of the molecule is CC1CC[N-]C1.CCCCC(C)CC.CCCCCC(C)CC.[CH3-].[K+]. The Morgan fingerprint density at radius 1 is 0.840 bits per heavy atom. The molecule has 0 aromatic heterocycles. The first kappa shape index (κ1) is 34.1. The first-order chi connectivity index (χ1) is 11.0. The Hall–Kier alpha value is 1.60. The second-order valence-corrected chi connectivity index (χ2v) is 7.69. The van der Waals surface area contributed by atoms with Gasteiger partial charge in [0.05, 0.1) is 0 Å². The van der Waals surface area contributed by atoms with E-state index in [1.807, 2.05) is 0 Å². The molecule has 1 aliphatic heterocycles. The van der Waals surface area contributed by atoms with Crippen molar-refractivity contribution in [1.29, 1.82) is 0 Å². The molecule has 0 aliphatic carbocycles. The van der Waals surface area contributed by atoms with Gasteiger partial charge in [0.2, 0.25) is 0 Å². The molecule has 150 valence electrons. The van der Waals surface area contributed by atoms with Gasteiger partial charge in [0.25, 0.3) is 0 Å². The molecular weight excluding hydrogens is 329 g/mol. The predicted octanol–water partition coefficient (Wildman–Crippen LogP) is 5.69. The van der Waals surface area contributed by atoms with Crippen LogP contribution in [0.4, 0.5) is 0 Å². The maximum atomic E-state index is 4.16. The van der Waals surface area contributed by atoms with Crippen LogP contribution in [0.3, 0.4) is 0 Å².